The van der Waals surface area contributed by atoms with Gasteiger partial charge in [0.1, 0.15) is 0 Å². The van der Waals surface area contributed by atoms with Crippen LogP contribution in [0.3, 0.4) is 0 Å². The summed E-state index contributed by atoms with van der Waals surface area (Å²) in [6.45, 7) is 0. The van der Waals surface area contributed by atoms with Crippen LogP contribution in [0.25, 0.3) is 11.3 Å². The van der Waals surface area contributed by atoms with Gasteiger partial charge in [-0.15, -0.1) is 0 Å². The maximum atomic E-state index is 12.4. The second kappa shape index (κ2) is 4.64. The number of hydrogen-bond acceptors (Lipinski definition) is 1. The molecule has 0 radical (unpaired) electrons. The number of nitrogens with one attached hydrogen (secondary N) is 1. The SMILES string of the molecule is FC(F)(F)c1nc(Cl)c(-c2ccc(Cl)c(Cl)c2)[nH]1. The van der Waals surface area contributed by atoms with E-state index in [1.165, 1.54) is 18.2 Å². The maximum absolute atomic E-state index is 12.4. The lowest BCUT2D eigenvalue weighted by Crippen LogP contribution is -2.07. The van der Waals surface area contributed by atoms with E-state index in [0.717, 1.165) is 0 Å². The van der Waals surface area contributed by atoms with Crippen LogP contribution in [0.4, 0.5) is 13.2 Å². The fourth-order valence-electron chi connectivity index (χ4n) is 1.33. The monoisotopic (exact) mass is 314 g/mol. The third kappa shape index (κ3) is 2.58. The Morgan fingerprint density at radius 2 is 1.72 bits per heavy atom. The van der Waals surface area contributed by atoms with Gasteiger partial charge < -0.3 is 4.98 Å². The summed E-state index contributed by atoms with van der Waals surface area (Å²) in [5.41, 5.74) is 0.417. The van der Waals surface area contributed by atoms with Crippen molar-refractivity contribution in [2.24, 2.45) is 0 Å². The molecule has 1 N–H and O–H groups in total. The number of aromatic amines is 1. The van der Waals surface area contributed by atoms with Crippen LogP contribution in [0, 0.1) is 0 Å². The van der Waals surface area contributed by atoms with Crippen LogP contribution in [-0.4, -0.2) is 9.97 Å². The molecular weight excluding hydrogens is 311 g/mol. The molecule has 8 heteroatoms. The van der Waals surface area contributed by atoms with Gasteiger partial charge in [-0.2, -0.15) is 13.2 Å². The van der Waals surface area contributed by atoms with Crippen molar-refractivity contribution < 1.29 is 13.2 Å². The first kappa shape index (κ1) is 13.5. The molecule has 0 aliphatic heterocycles. The molecule has 2 rings (SSSR count). The number of H-pyrrole nitrogens is 1. The van der Waals surface area contributed by atoms with Gasteiger partial charge in [-0.05, 0) is 12.1 Å². The van der Waals surface area contributed by atoms with Crippen LogP contribution in [0.1, 0.15) is 5.82 Å². The number of halogens is 6. The molecule has 0 aliphatic rings. The van der Waals surface area contributed by atoms with E-state index in [2.05, 4.69) is 9.97 Å². The van der Waals surface area contributed by atoms with Gasteiger partial charge in [0.25, 0.3) is 0 Å². The summed E-state index contributed by atoms with van der Waals surface area (Å²) in [7, 11) is 0. The van der Waals surface area contributed by atoms with Gasteiger partial charge in [-0.1, -0.05) is 40.9 Å². The van der Waals surface area contributed by atoms with Gasteiger partial charge >= 0.3 is 6.18 Å². The number of hydrogen-bond donors (Lipinski definition) is 1. The standard InChI is InChI=1S/C10H4Cl3F3N2/c11-5-2-1-4(3-6(5)12)7-8(13)18-9(17-7)10(14,15)16/h1-3H,(H,17,18). The average molecular weight is 316 g/mol. The van der Waals surface area contributed by atoms with Gasteiger partial charge in [0.05, 0.1) is 15.7 Å². The Balaban J connectivity index is 2.51. The Hall–Kier alpha value is -0.910. The van der Waals surface area contributed by atoms with Crippen LogP contribution in [-0.2, 0) is 6.18 Å². The number of alkyl halides is 3. The summed E-state index contributed by atoms with van der Waals surface area (Å²) in [5.74, 6) is -1.16. The van der Waals surface area contributed by atoms with Crippen molar-refractivity contribution in [3.8, 4) is 11.3 Å². The van der Waals surface area contributed by atoms with Crippen molar-refractivity contribution in [1.29, 1.82) is 0 Å². The number of aromatic nitrogens is 2. The fraction of sp³-hybridized carbons (Fsp3) is 0.100. The predicted octanol–water partition coefficient (Wildman–Crippen LogP) is 5.06. The zero-order valence-electron chi connectivity index (χ0n) is 8.45. The quantitative estimate of drug-likeness (QED) is 0.783. The number of rotatable bonds is 1. The largest absolute Gasteiger partial charge is 0.449 e. The second-order valence-electron chi connectivity index (χ2n) is 3.38. The highest BCUT2D eigenvalue weighted by Crippen LogP contribution is 2.35. The highest BCUT2D eigenvalue weighted by molar-refractivity contribution is 6.42. The molecule has 0 atom stereocenters. The van der Waals surface area contributed by atoms with Crippen LogP contribution >= 0.6 is 34.8 Å². The summed E-state index contributed by atoms with van der Waals surface area (Å²) >= 11 is 17.2. The minimum atomic E-state index is -4.59. The van der Waals surface area contributed by atoms with E-state index in [1.807, 2.05) is 0 Å². The van der Waals surface area contributed by atoms with E-state index in [4.69, 9.17) is 34.8 Å². The topological polar surface area (TPSA) is 28.7 Å². The average Bonchev–Trinajstić information content (AvgIpc) is 2.64. The molecule has 18 heavy (non-hydrogen) atoms. The van der Waals surface area contributed by atoms with E-state index < -0.39 is 12.0 Å². The number of nitrogens with zero attached hydrogens (tertiary/aromatic N) is 1. The molecule has 2 aromatic rings. The Morgan fingerprint density at radius 1 is 1.06 bits per heavy atom. The summed E-state index contributed by atoms with van der Waals surface area (Å²) in [4.78, 5) is 5.33. The summed E-state index contributed by atoms with van der Waals surface area (Å²) in [5, 5.41) is 0.237. The lowest BCUT2D eigenvalue weighted by molar-refractivity contribution is -0.144. The molecule has 0 aliphatic carbocycles. The summed E-state index contributed by atoms with van der Waals surface area (Å²) < 4.78 is 37.3. The van der Waals surface area contributed by atoms with Crippen molar-refractivity contribution in [3.63, 3.8) is 0 Å². The molecular formula is C10H4Cl3F3N2. The maximum Gasteiger partial charge on any atom is 0.449 e. The summed E-state index contributed by atoms with van der Waals surface area (Å²) in [6, 6.07) is 4.36. The molecule has 0 amide bonds. The highest BCUT2D eigenvalue weighted by atomic mass is 35.5. The van der Waals surface area contributed by atoms with Crippen LogP contribution < -0.4 is 0 Å². The second-order valence-corrected chi connectivity index (χ2v) is 4.55. The third-order valence-electron chi connectivity index (χ3n) is 2.14. The van der Waals surface area contributed by atoms with Gasteiger partial charge in [0, 0.05) is 5.56 Å². The van der Waals surface area contributed by atoms with Crippen LogP contribution in [0.15, 0.2) is 18.2 Å². The molecule has 0 unspecified atom stereocenters. The van der Waals surface area contributed by atoms with E-state index in [9.17, 15) is 13.2 Å². The molecule has 1 heterocycles. The smallest absolute Gasteiger partial charge is 0.333 e. The summed E-state index contributed by atoms with van der Waals surface area (Å²) in [6.07, 6.45) is -4.59. The van der Waals surface area contributed by atoms with Crippen molar-refractivity contribution >= 4 is 34.8 Å². The lowest BCUT2D eigenvalue weighted by Gasteiger charge is -2.02. The molecule has 1 aromatic carbocycles. The highest BCUT2D eigenvalue weighted by Gasteiger charge is 2.35. The van der Waals surface area contributed by atoms with Crippen molar-refractivity contribution in [2.75, 3.05) is 0 Å². The van der Waals surface area contributed by atoms with Gasteiger partial charge in [-0.25, -0.2) is 4.98 Å². The molecule has 0 bridgehead atoms. The zero-order valence-corrected chi connectivity index (χ0v) is 10.7. The van der Waals surface area contributed by atoms with E-state index in [-0.39, 0.29) is 15.9 Å². The number of benzene rings is 1. The Kier molecular flexibility index (Phi) is 3.49. The first-order chi connectivity index (χ1) is 8.29. The van der Waals surface area contributed by atoms with Gasteiger partial charge in [-0.3, -0.25) is 0 Å². The first-order valence-electron chi connectivity index (χ1n) is 4.57. The van der Waals surface area contributed by atoms with E-state index >= 15 is 0 Å². The lowest BCUT2D eigenvalue weighted by atomic mass is 10.2. The molecule has 0 spiro atoms. The molecule has 0 fully saturated rings. The van der Waals surface area contributed by atoms with E-state index in [1.54, 1.807) is 0 Å². The normalized spacial score (nSPS) is 11.9. The van der Waals surface area contributed by atoms with Crippen molar-refractivity contribution in [2.45, 2.75) is 6.18 Å². The first-order valence-corrected chi connectivity index (χ1v) is 5.70. The molecule has 96 valence electrons. The van der Waals surface area contributed by atoms with Gasteiger partial charge in [0.15, 0.2) is 5.15 Å². The molecule has 0 saturated heterocycles. The van der Waals surface area contributed by atoms with Crippen molar-refractivity contribution in [3.05, 3.63) is 39.2 Å². The number of imidazole rings is 1. The Bertz CT molecular complexity index is 593. The minimum Gasteiger partial charge on any atom is -0.333 e. The van der Waals surface area contributed by atoms with Crippen LogP contribution in [0.5, 0.6) is 0 Å². The molecule has 1 aromatic heterocycles. The van der Waals surface area contributed by atoms with E-state index in [0.29, 0.717) is 10.6 Å². The molecule has 2 nitrogen and oxygen atoms in total. The van der Waals surface area contributed by atoms with Crippen LogP contribution in [0.2, 0.25) is 15.2 Å². The Morgan fingerprint density at radius 3 is 2.22 bits per heavy atom. The third-order valence-corrected chi connectivity index (χ3v) is 3.15. The Labute approximate surface area is 115 Å². The van der Waals surface area contributed by atoms with Crippen molar-refractivity contribution in [1.82, 2.24) is 9.97 Å². The predicted molar refractivity (Wildman–Crippen MR) is 64.1 cm³/mol. The fourth-order valence-corrected chi connectivity index (χ4v) is 1.87. The molecule has 0 saturated carbocycles. The minimum absolute atomic E-state index is 0.0440. The van der Waals surface area contributed by atoms with Gasteiger partial charge in [0.2, 0.25) is 5.82 Å². The zero-order chi connectivity index (χ0) is 13.5.